The molecule has 0 saturated carbocycles. The van der Waals surface area contributed by atoms with Gasteiger partial charge in [-0.25, -0.2) is 0 Å². The van der Waals surface area contributed by atoms with Crippen molar-refractivity contribution in [2.75, 3.05) is 26.7 Å². The van der Waals surface area contributed by atoms with Gasteiger partial charge in [-0.3, -0.25) is 4.79 Å². The van der Waals surface area contributed by atoms with E-state index in [-0.39, 0.29) is 5.78 Å². The molecule has 100 valence electrons. The van der Waals surface area contributed by atoms with Gasteiger partial charge in [-0.15, -0.1) is 0 Å². The predicted octanol–water partition coefficient (Wildman–Crippen LogP) is 2.73. The Kier molecular flexibility index (Phi) is 5.01. The molecular weight excluding hydrogens is 294 g/mol. The van der Waals surface area contributed by atoms with Gasteiger partial charge in [0.2, 0.25) is 0 Å². The number of carbonyl (C=O) groups excluding carboxylic acids is 1. The fourth-order valence-corrected chi connectivity index (χ4v) is 3.14. The Balaban J connectivity index is 1.94. The van der Waals surface area contributed by atoms with Crippen molar-refractivity contribution in [3.05, 3.63) is 22.9 Å². The lowest BCUT2D eigenvalue weighted by Gasteiger charge is -2.39. The first kappa shape index (κ1) is 13.8. The van der Waals surface area contributed by atoms with Crippen molar-refractivity contribution < 1.29 is 9.53 Å². The minimum Gasteiger partial charge on any atom is -0.493 e. The summed E-state index contributed by atoms with van der Waals surface area (Å²) in [6.07, 6.45) is 7.04. The quantitative estimate of drug-likeness (QED) is 0.799. The molecule has 0 aromatic carbocycles. The molecule has 1 fully saturated rings. The summed E-state index contributed by atoms with van der Waals surface area (Å²) in [4.78, 5) is 16.1. The fourth-order valence-electron chi connectivity index (χ4n) is 2.87. The number of piperidine rings is 1. The van der Waals surface area contributed by atoms with Crippen molar-refractivity contribution in [1.82, 2.24) is 4.90 Å². The Morgan fingerprint density at radius 3 is 3.17 bits per heavy atom. The summed E-state index contributed by atoms with van der Waals surface area (Å²) >= 11 is 3.29. The molecule has 1 saturated heterocycles. The molecule has 3 nitrogen and oxygen atoms in total. The Hall–Kier alpha value is -0.610. The third-order valence-corrected chi connectivity index (χ3v) is 4.27. The number of fused-ring (bicyclic) bond motifs is 1. The molecule has 4 heteroatoms. The monoisotopic (exact) mass is 313 g/mol. The molecule has 2 rings (SSSR count). The van der Waals surface area contributed by atoms with Crippen molar-refractivity contribution in [1.29, 1.82) is 0 Å². The van der Waals surface area contributed by atoms with Crippen molar-refractivity contribution in [3.8, 4) is 0 Å². The van der Waals surface area contributed by atoms with Crippen molar-refractivity contribution in [2.45, 2.75) is 19.3 Å². The zero-order valence-electron chi connectivity index (χ0n) is 10.8. The minimum atomic E-state index is 0.175. The van der Waals surface area contributed by atoms with E-state index in [1.54, 1.807) is 7.11 Å². The first-order valence-corrected chi connectivity index (χ1v) is 7.42. The van der Waals surface area contributed by atoms with Crippen molar-refractivity contribution in [3.63, 3.8) is 0 Å². The molecule has 0 aromatic heterocycles. The van der Waals surface area contributed by atoms with Crippen molar-refractivity contribution >= 4 is 21.7 Å². The highest BCUT2D eigenvalue weighted by molar-refractivity contribution is 9.11. The first-order valence-electron chi connectivity index (χ1n) is 6.51. The van der Waals surface area contributed by atoms with E-state index in [1.165, 1.54) is 0 Å². The summed E-state index contributed by atoms with van der Waals surface area (Å²) in [5, 5.41) is 0. The van der Waals surface area contributed by atoms with Crippen LogP contribution < -0.4 is 0 Å². The molecule has 0 amide bonds. The number of Topliss-reactive ketones (excluding diaryl/α,β-unsaturated/α-hetero) is 1. The summed E-state index contributed by atoms with van der Waals surface area (Å²) in [5.41, 5.74) is 0. The molecular formula is C14H20BrNO2. The maximum atomic E-state index is 11.8. The molecule has 2 atom stereocenters. The van der Waals surface area contributed by atoms with Gasteiger partial charge in [0.05, 0.1) is 7.11 Å². The fraction of sp³-hybridized carbons (Fsp3) is 0.643. The molecule has 1 heterocycles. The average molecular weight is 314 g/mol. The highest BCUT2D eigenvalue weighted by Gasteiger charge is 2.34. The Labute approximate surface area is 117 Å². The van der Waals surface area contributed by atoms with Crippen LogP contribution in [-0.4, -0.2) is 37.4 Å². The van der Waals surface area contributed by atoms with Gasteiger partial charge in [0.1, 0.15) is 0 Å². The van der Waals surface area contributed by atoms with Gasteiger partial charge in [0, 0.05) is 19.5 Å². The number of halogens is 1. The SMILES string of the molecule is COC1=CC2CN(CCC=CBr)CCC2CC1=O. The Bertz CT molecular complexity index is 365. The van der Waals surface area contributed by atoms with E-state index in [0.29, 0.717) is 24.0 Å². The molecule has 1 aliphatic carbocycles. The second-order valence-corrected chi connectivity index (χ2v) is 5.55. The number of ketones is 1. The van der Waals surface area contributed by atoms with E-state index >= 15 is 0 Å². The summed E-state index contributed by atoms with van der Waals surface area (Å²) in [6.45, 7) is 3.26. The summed E-state index contributed by atoms with van der Waals surface area (Å²) in [5.74, 6) is 1.76. The number of carbonyl (C=O) groups is 1. The molecule has 0 spiro atoms. The molecule has 0 N–H and O–H groups in total. The van der Waals surface area contributed by atoms with Gasteiger partial charge in [-0.05, 0) is 42.3 Å². The summed E-state index contributed by atoms with van der Waals surface area (Å²) in [7, 11) is 1.59. The van der Waals surface area contributed by atoms with Crippen LogP contribution in [-0.2, 0) is 9.53 Å². The molecule has 0 radical (unpaired) electrons. The largest absolute Gasteiger partial charge is 0.493 e. The minimum absolute atomic E-state index is 0.175. The van der Waals surface area contributed by atoms with Crippen LogP contribution in [0, 0.1) is 11.8 Å². The van der Waals surface area contributed by atoms with Gasteiger partial charge in [-0.2, -0.15) is 0 Å². The van der Waals surface area contributed by atoms with E-state index in [2.05, 4.69) is 26.9 Å². The topological polar surface area (TPSA) is 29.5 Å². The average Bonchev–Trinajstić information content (AvgIpc) is 2.38. The lowest BCUT2D eigenvalue weighted by Crippen LogP contribution is -2.42. The number of rotatable bonds is 4. The van der Waals surface area contributed by atoms with E-state index in [4.69, 9.17) is 4.74 Å². The first-order chi connectivity index (χ1) is 8.74. The highest BCUT2D eigenvalue weighted by atomic mass is 79.9. The maximum Gasteiger partial charge on any atom is 0.197 e. The van der Waals surface area contributed by atoms with Crippen LogP contribution in [0.3, 0.4) is 0 Å². The van der Waals surface area contributed by atoms with E-state index in [1.807, 2.05) is 11.1 Å². The second kappa shape index (κ2) is 6.53. The Morgan fingerprint density at radius 1 is 1.61 bits per heavy atom. The van der Waals surface area contributed by atoms with Gasteiger partial charge >= 0.3 is 0 Å². The van der Waals surface area contributed by atoms with Crippen LogP contribution >= 0.6 is 15.9 Å². The summed E-state index contributed by atoms with van der Waals surface area (Å²) in [6, 6.07) is 0. The lowest BCUT2D eigenvalue weighted by molar-refractivity contribution is -0.121. The molecule has 0 bridgehead atoms. The van der Waals surface area contributed by atoms with E-state index < -0.39 is 0 Å². The smallest absolute Gasteiger partial charge is 0.197 e. The molecule has 0 aromatic rings. The van der Waals surface area contributed by atoms with E-state index in [0.717, 1.165) is 32.5 Å². The van der Waals surface area contributed by atoms with Gasteiger partial charge in [0.25, 0.3) is 0 Å². The molecule has 2 aliphatic rings. The van der Waals surface area contributed by atoms with Crippen LogP contribution in [0.2, 0.25) is 0 Å². The van der Waals surface area contributed by atoms with Gasteiger partial charge in [0.15, 0.2) is 11.5 Å². The zero-order chi connectivity index (χ0) is 13.0. The second-order valence-electron chi connectivity index (χ2n) is 5.03. The number of nitrogens with zero attached hydrogens (tertiary/aromatic N) is 1. The highest BCUT2D eigenvalue weighted by Crippen LogP contribution is 2.33. The van der Waals surface area contributed by atoms with E-state index in [9.17, 15) is 4.79 Å². The zero-order valence-corrected chi connectivity index (χ0v) is 12.4. The van der Waals surface area contributed by atoms with Crippen LogP contribution in [0.1, 0.15) is 19.3 Å². The molecule has 1 aliphatic heterocycles. The number of allylic oxidation sites excluding steroid dienone is 1. The van der Waals surface area contributed by atoms with Crippen LogP contribution in [0.15, 0.2) is 22.9 Å². The van der Waals surface area contributed by atoms with Crippen molar-refractivity contribution in [2.24, 2.45) is 11.8 Å². The molecule has 2 unspecified atom stereocenters. The number of ether oxygens (including phenoxy) is 1. The number of likely N-dealkylation sites (tertiary alicyclic amines) is 1. The summed E-state index contributed by atoms with van der Waals surface area (Å²) < 4.78 is 5.16. The van der Waals surface area contributed by atoms with Gasteiger partial charge < -0.3 is 9.64 Å². The van der Waals surface area contributed by atoms with Gasteiger partial charge in [-0.1, -0.05) is 22.0 Å². The van der Waals surface area contributed by atoms with Crippen LogP contribution in [0.4, 0.5) is 0 Å². The third-order valence-electron chi connectivity index (χ3n) is 3.90. The maximum absolute atomic E-state index is 11.8. The third kappa shape index (κ3) is 3.23. The van der Waals surface area contributed by atoms with Crippen LogP contribution in [0.5, 0.6) is 0 Å². The number of hydrogen-bond acceptors (Lipinski definition) is 3. The number of hydrogen-bond donors (Lipinski definition) is 0. The molecule has 18 heavy (non-hydrogen) atoms. The number of methoxy groups -OCH3 is 1. The standard InChI is InChI=1S/C14H20BrNO2/c1-18-14-9-12-10-16(6-3-2-5-15)7-4-11(12)8-13(14)17/h2,5,9,11-12H,3-4,6-8,10H2,1H3. The predicted molar refractivity (Wildman–Crippen MR) is 75.4 cm³/mol. The lowest BCUT2D eigenvalue weighted by atomic mass is 9.78. The normalized spacial score (nSPS) is 29.2. The Morgan fingerprint density at radius 2 is 2.44 bits per heavy atom. The van der Waals surface area contributed by atoms with Crippen LogP contribution in [0.25, 0.3) is 0 Å².